The van der Waals surface area contributed by atoms with Gasteiger partial charge in [0.05, 0.1) is 44.5 Å². The zero-order valence-electron chi connectivity index (χ0n) is 22.1. The molecule has 2 aromatic heterocycles. The molecule has 1 fully saturated rings. The van der Waals surface area contributed by atoms with Crippen LogP contribution in [0.2, 0.25) is 0 Å². The summed E-state index contributed by atoms with van der Waals surface area (Å²) in [6.45, 7) is 14.4. The van der Waals surface area contributed by atoms with Crippen LogP contribution in [0.1, 0.15) is 50.4 Å². The number of aromatic nitrogens is 3. The molecule has 36 heavy (non-hydrogen) atoms. The number of aryl methyl sites for hydroxylation is 1. The third-order valence-corrected chi connectivity index (χ3v) is 6.67. The first kappa shape index (κ1) is 26.0. The first-order valence-corrected chi connectivity index (χ1v) is 12.6. The lowest BCUT2D eigenvalue weighted by Gasteiger charge is -2.29. The van der Waals surface area contributed by atoms with Gasteiger partial charge in [-0.25, -0.2) is 14.5 Å². The number of hydrogen-bond donors (Lipinski definition) is 0. The highest BCUT2D eigenvalue weighted by Crippen LogP contribution is 2.37. The number of nitrogens with zero attached hydrogens (tertiary/aromatic N) is 4. The number of fused-ring (bicyclic) bond motifs is 1. The van der Waals surface area contributed by atoms with Gasteiger partial charge >= 0.3 is 6.09 Å². The maximum Gasteiger partial charge on any atom is 0.410 e. The Morgan fingerprint density at radius 3 is 2.75 bits per heavy atom. The molecule has 1 atom stereocenters. The number of rotatable bonds is 7. The first-order chi connectivity index (χ1) is 17.1. The van der Waals surface area contributed by atoms with Crippen molar-refractivity contribution in [2.75, 3.05) is 40.0 Å². The van der Waals surface area contributed by atoms with E-state index in [2.05, 4.69) is 11.6 Å². The van der Waals surface area contributed by atoms with E-state index in [0.29, 0.717) is 44.7 Å². The molecule has 9 heteroatoms. The summed E-state index contributed by atoms with van der Waals surface area (Å²) in [5.41, 5.74) is 3.17. The third-order valence-electron chi connectivity index (χ3n) is 6.67. The van der Waals surface area contributed by atoms with E-state index in [9.17, 15) is 4.79 Å². The van der Waals surface area contributed by atoms with Crippen LogP contribution in [0.25, 0.3) is 5.69 Å². The number of carbonyl (C=O) groups is 1. The monoisotopic (exact) mass is 498 g/mol. The number of hydrogen-bond acceptors (Lipinski definition) is 7. The van der Waals surface area contributed by atoms with E-state index in [1.807, 2.05) is 44.5 Å². The molecule has 0 saturated carbocycles. The fourth-order valence-electron chi connectivity index (χ4n) is 4.91. The van der Waals surface area contributed by atoms with Crippen LogP contribution in [-0.2, 0) is 22.3 Å². The Labute approximate surface area is 213 Å². The highest BCUT2D eigenvalue weighted by molar-refractivity contribution is 5.68. The third kappa shape index (κ3) is 5.67. The van der Waals surface area contributed by atoms with Crippen molar-refractivity contribution >= 4 is 6.09 Å². The van der Waals surface area contributed by atoms with Crippen molar-refractivity contribution in [3.05, 3.63) is 41.7 Å². The Kier molecular flexibility index (Phi) is 7.59. The molecule has 0 spiro atoms. The predicted octanol–water partition coefficient (Wildman–Crippen LogP) is 4.28. The number of allylic oxidation sites excluding steroid dienone is 1. The molecule has 0 aromatic carbocycles. The fourth-order valence-corrected chi connectivity index (χ4v) is 4.91. The number of pyridine rings is 1. The highest BCUT2D eigenvalue weighted by atomic mass is 16.6. The Bertz CT molecular complexity index is 1110. The van der Waals surface area contributed by atoms with E-state index in [1.54, 1.807) is 18.2 Å². The predicted molar refractivity (Wildman–Crippen MR) is 136 cm³/mol. The second kappa shape index (κ2) is 10.5. The van der Waals surface area contributed by atoms with E-state index in [4.69, 9.17) is 24.0 Å². The van der Waals surface area contributed by atoms with Crippen molar-refractivity contribution in [1.82, 2.24) is 19.7 Å². The molecule has 9 nitrogen and oxygen atoms in total. The number of ether oxygens (including phenoxy) is 4. The van der Waals surface area contributed by atoms with Crippen molar-refractivity contribution in [3.63, 3.8) is 0 Å². The molecule has 0 bridgehead atoms. The Hall–Kier alpha value is -3.07. The summed E-state index contributed by atoms with van der Waals surface area (Å²) in [4.78, 5) is 18.9. The molecule has 1 saturated heterocycles. The van der Waals surface area contributed by atoms with Gasteiger partial charge in [-0.2, -0.15) is 0 Å². The standard InChI is InChI=1S/C27H38N4O5/c1-7-10-27(11-12-30(17-27)25(32)36-26(3,4)5)18-35-24-21-8-13-34-14-9-22(21)31(29-24)20-15-19(2)23(33-6)28-16-20/h7,15-16H,1,8-14,17-18H2,2-6H3. The molecule has 0 aliphatic carbocycles. The smallest absolute Gasteiger partial charge is 0.410 e. The maximum absolute atomic E-state index is 12.7. The van der Waals surface area contributed by atoms with Crippen LogP contribution in [0.15, 0.2) is 24.9 Å². The summed E-state index contributed by atoms with van der Waals surface area (Å²) in [5.74, 6) is 1.21. The van der Waals surface area contributed by atoms with Crippen LogP contribution in [-0.4, -0.2) is 71.4 Å². The highest BCUT2D eigenvalue weighted by Gasteiger charge is 2.41. The Morgan fingerprint density at radius 2 is 2.06 bits per heavy atom. The SMILES string of the molecule is C=CCC1(COc2nn(-c3cnc(OC)c(C)c3)c3c2CCOCC3)CCN(C(=O)OC(C)(C)C)C1. The summed E-state index contributed by atoms with van der Waals surface area (Å²) < 4.78 is 25.0. The van der Waals surface area contributed by atoms with Gasteiger partial charge in [-0.05, 0) is 46.6 Å². The molecule has 0 radical (unpaired) electrons. The lowest BCUT2D eigenvalue weighted by Crippen LogP contribution is -2.38. The summed E-state index contributed by atoms with van der Waals surface area (Å²) >= 11 is 0. The number of carbonyl (C=O) groups excluding carboxylic acids is 1. The quantitative estimate of drug-likeness (QED) is 0.527. The molecule has 4 rings (SSSR count). The number of likely N-dealkylation sites (tertiary alicyclic amines) is 1. The van der Waals surface area contributed by atoms with Crippen molar-refractivity contribution < 1.29 is 23.7 Å². The lowest BCUT2D eigenvalue weighted by molar-refractivity contribution is 0.0259. The molecule has 2 aliphatic rings. The summed E-state index contributed by atoms with van der Waals surface area (Å²) in [6, 6.07) is 2.02. The normalized spacial score (nSPS) is 20.0. The van der Waals surface area contributed by atoms with Gasteiger partial charge in [0.25, 0.3) is 0 Å². The molecular weight excluding hydrogens is 460 g/mol. The molecular formula is C27H38N4O5. The van der Waals surface area contributed by atoms with Gasteiger partial charge in [-0.3, -0.25) is 0 Å². The van der Waals surface area contributed by atoms with Gasteiger partial charge in [-0.15, -0.1) is 11.7 Å². The van der Waals surface area contributed by atoms with Gasteiger partial charge in [0.2, 0.25) is 11.8 Å². The second-order valence-corrected chi connectivity index (χ2v) is 10.7. The molecule has 2 aliphatic heterocycles. The van der Waals surface area contributed by atoms with Crippen LogP contribution in [0.4, 0.5) is 4.79 Å². The van der Waals surface area contributed by atoms with E-state index < -0.39 is 5.60 Å². The van der Waals surface area contributed by atoms with Gasteiger partial charge in [0, 0.05) is 42.5 Å². The zero-order chi connectivity index (χ0) is 25.9. The largest absolute Gasteiger partial charge is 0.481 e. The van der Waals surface area contributed by atoms with Crippen molar-refractivity contribution in [1.29, 1.82) is 0 Å². The zero-order valence-corrected chi connectivity index (χ0v) is 22.1. The van der Waals surface area contributed by atoms with Crippen LogP contribution in [0.3, 0.4) is 0 Å². The van der Waals surface area contributed by atoms with Crippen molar-refractivity contribution in [3.8, 4) is 17.4 Å². The topological polar surface area (TPSA) is 87.9 Å². The maximum atomic E-state index is 12.7. The minimum absolute atomic E-state index is 0.241. The molecule has 0 N–H and O–H groups in total. The second-order valence-electron chi connectivity index (χ2n) is 10.7. The van der Waals surface area contributed by atoms with E-state index in [0.717, 1.165) is 48.2 Å². The minimum Gasteiger partial charge on any atom is -0.481 e. The molecule has 1 amide bonds. The van der Waals surface area contributed by atoms with Gasteiger partial charge in [-0.1, -0.05) is 6.08 Å². The molecule has 2 aromatic rings. The van der Waals surface area contributed by atoms with E-state index >= 15 is 0 Å². The average molecular weight is 499 g/mol. The summed E-state index contributed by atoms with van der Waals surface area (Å²) in [5, 5.41) is 4.88. The fraction of sp³-hybridized carbons (Fsp3) is 0.593. The van der Waals surface area contributed by atoms with Crippen molar-refractivity contribution in [2.45, 2.75) is 59.0 Å². The average Bonchev–Trinajstić information content (AvgIpc) is 3.30. The van der Waals surface area contributed by atoms with E-state index in [-0.39, 0.29) is 11.5 Å². The molecule has 4 heterocycles. The van der Waals surface area contributed by atoms with Gasteiger partial charge in [0.15, 0.2) is 0 Å². The summed E-state index contributed by atoms with van der Waals surface area (Å²) in [6.07, 6.45) is 6.40. The van der Waals surface area contributed by atoms with Crippen LogP contribution in [0, 0.1) is 12.3 Å². The number of amides is 1. The molecule has 196 valence electrons. The first-order valence-electron chi connectivity index (χ1n) is 12.6. The number of methoxy groups -OCH3 is 1. The van der Waals surface area contributed by atoms with Crippen LogP contribution in [0.5, 0.6) is 11.8 Å². The van der Waals surface area contributed by atoms with Crippen LogP contribution >= 0.6 is 0 Å². The van der Waals surface area contributed by atoms with E-state index in [1.165, 1.54) is 0 Å². The van der Waals surface area contributed by atoms with Gasteiger partial charge in [0.1, 0.15) is 5.60 Å². The molecule has 1 unspecified atom stereocenters. The Morgan fingerprint density at radius 1 is 1.28 bits per heavy atom. The lowest BCUT2D eigenvalue weighted by atomic mass is 9.84. The van der Waals surface area contributed by atoms with Gasteiger partial charge < -0.3 is 23.8 Å². The summed E-state index contributed by atoms with van der Waals surface area (Å²) in [7, 11) is 1.62. The van der Waals surface area contributed by atoms with Crippen LogP contribution < -0.4 is 9.47 Å². The minimum atomic E-state index is -0.529. The van der Waals surface area contributed by atoms with Crippen molar-refractivity contribution in [2.24, 2.45) is 5.41 Å². The Balaban J connectivity index is 1.57.